The maximum absolute atomic E-state index is 12.2. The average molecular weight is 256 g/mol. The molecule has 0 radical (unpaired) electrons. The van der Waals surface area contributed by atoms with Crippen molar-refractivity contribution in [2.75, 3.05) is 19.7 Å². The summed E-state index contributed by atoms with van der Waals surface area (Å²) in [5.41, 5.74) is -0.236. The molecule has 1 amide bonds. The van der Waals surface area contributed by atoms with E-state index in [1.807, 2.05) is 25.7 Å². The normalized spacial score (nSPS) is 20.4. The van der Waals surface area contributed by atoms with Gasteiger partial charge in [0.25, 0.3) is 0 Å². The summed E-state index contributed by atoms with van der Waals surface area (Å²) in [5.74, 6) is 0.137. The van der Waals surface area contributed by atoms with E-state index in [1.165, 1.54) is 6.42 Å². The van der Waals surface area contributed by atoms with E-state index in [2.05, 4.69) is 5.32 Å². The third-order valence-electron chi connectivity index (χ3n) is 4.08. The molecule has 1 aliphatic rings. The zero-order chi connectivity index (χ0) is 13.6. The van der Waals surface area contributed by atoms with Crippen molar-refractivity contribution in [1.82, 2.24) is 10.2 Å². The van der Waals surface area contributed by atoms with Gasteiger partial charge in [0, 0.05) is 18.6 Å². The van der Waals surface area contributed by atoms with Crippen LogP contribution < -0.4 is 5.32 Å². The molecule has 1 rings (SSSR count). The van der Waals surface area contributed by atoms with Gasteiger partial charge in [-0.3, -0.25) is 10.1 Å². The number of hydrogen-bond donors (Lipinski definition) is 2. The lowest BCUT2D eigenvalue weighted by Crippen LogP contribution is -2.57. The van der Waals surface area contributed by atoms with Crippen LogP contribution in [0.15, 0.2) is 0 Å². The van der Waals surface area contributed by atoms with Crippen molar-refractivity contribution in [2.45, 2.75) is 64.5 Å². The van der Waals surface area contributed by atoms with Crippen LogP contribution in [0.3, 0.4) is 0 Å². The molecule has 2 N–H and O–H groups in total. The van der Waals surface area contributed by atoms with Crippen LogP contribution >= 0.6 is 0 Å². The van der Waals surface area contributed by atoms with Gasteiger partial charge in [-0.15, -0.1) is 0 Å². The first-order valence-corrected chi connectivity index (χ1v) is 7.26. The van der Waals surface area contributed by atoms with Gasteiger partial charge in [-0.2, -0.15) is 0 Å². The van der Waals surface area contributed by atoms with Gasteiger partial charge in [0.15, 0.2) is 0 Å². The van der Waals surface area contributed by atoms with Gasteiger partial charge in [0.05, 0.1) is 12.6 Å². The number of likely N-dealkylation sites (N-methyl/N-ethyl adjacent to an activating group) is 1. The van der Waals surface area contributed by atoms with E-state index in [0.29, 0.717) is 0 Å². The van der Waals surface area contributed by atoms with Crippen molar-refractivity contribution in [2.24, 2.45) is 0 Å². The molecule has 0 bridgehead atoms. The Kier molecular flexibility index (Phi) is 6.09. The fourth-order valence-corrected chi connectivity index (χ4v) is 2.91. The molecule has 0 aliphatic heterocycles. The van der Waals surface area contributed by atoms with Gasteiger partial charge in [0.2, 0.25) is 5.91 Å². The first-order chi connectivity index (χ1) is 8.58. The van der Waals surface area contributed by atoms with Crippen LogP contribution in [0.4, 0.5) is 0 Å². The second-order valence-electron chi connectivity index (χ2n) is 5.38. The fraction of sp³-hybridized carbons (Fsp3) is 0.929. The molecule has 0 aromatic heterocycles. The Morgan fingerprint density at radius 2 is 1.83 bits per heavy atom. The van der Waals surface area contributed by atoms with Gasteiger partial charge in [-0.05, 0) is 33.6 Å². The average Bonchev–Trinajstić information content (AvgIpc) is 2.41. The smallest absolute Gasteiger partial charge is 0.239 e. The topological polar surface area (TPSA) is 52.6 Å². The summed E-state index contributed by atoms with van der Waals surface area (Å²) in [7, 11) is 0. The van der Waals surface area contributed by atoms with Crippen LogP contribution in [-0.2, 0) is 4.79 Å². The molecule has 0 heterocycles. The van der Waals surface area contributed by atoms with Crippen molar-refractivity contribution in [3.63, 3.8) is 0 Å². The molecule has 1 saturated carbocycles. The van der Waals surface area contributed by atoms with E-state index in [4.69, 9.17) is 0 Å². The number of carbonyl (C=O) groups is 1. The largest absolute Gasteiger partial charge is 0.394 e. The van der Waals surface area contributed by atoms with Crippen molar-refractivity contribution in [3.05, 3.63) is 0 Å². The fourth-order valence-electron chi connectivity index (χ4n) is 2.91. The highest BCUT2D eigenvalue weighted by atomic mass is 16.3. The molecule has 1 atom stereocenters. The van der Waals surface area contributed by atoms with Gasteiger partial charge in [-0.1, -0.05) is 19.3 Å². The standard InChI is InChI=1S/C14H28N2O2/c1-4-16(5-2)13(18)12(3)15-14(11-17)9-7-6-8-10-14/h12,15,17H,4-11H2,1-3H3. The molecule has 0 aromatic carbocycles. The summed E-state index contributed by atoms with van der Waals surface area (Å²) in [5, 5.41) is 13.0. The molecule has 0 aromatic rings. The van der Waals surface area contributed by atoms with Gasteiger partial charge in [0.1, 0.15) is 0 Å². The summed E-state index contributed by atoms with van der Waals surface area (Å²) in [4.78, 5) is 14.1. The number of hydrogen-bond acceptors (Lipinski definition) is 3. The number of aliphatic hydroxyl groups excluding tert-OH is 1. The van der Waals surface area contributed by atoms with Crippen LogP contribution in [0.1, 0.15) is 52.9 Å². The molecule has 1 aliphatic carbocycles. The highest BCUT2D eigenvalue weighted by Crippen LogP contribution is 2.28. The predicted molar refractivity (Wildman–Crippen MR) is 73.4 cm³/mol. The van der Waals surface area contributed by atoms with Crippen LogP contribution in [0.25, 0.3) is 0 Å². The number of nitrogens with one attached hydrogen (secondary N) is 1. The lowest BCUT2D eigenvalue weighted by atomic mass is 9.81. The zero-order valence-corrected chi connectivity index (χ0v) is 12.0. The Labute approximate surface area is 111 Å². The lowest BCUT2D eigenvalue weighted by molar-refractivity contribution is -0.133. The minimum Gasteiger partial charge on any atom is -0.394 e. The highest BCUT2D eigenvalue weighted by molar-refractivity contribution is 5.81. The van der Waals surface area contributed by atoms with E-state index in [9.17, 15) is 9.90 Å². The number of nitrogens with zero attached hydrogens (tertiary/aromatic N) is 1. The quantitative estimate of drug-likeness (QED) is 0.758. The van der Waals surface area contributed by atoms with Crippen LogP contribution in [-0.4, -0.2) is 47.2 Å². The maximum atomic E-state index is 12.2. The van der Waals surface area contributed by atoms with Gasteiger partial charge < -0.3 is 10.0 Å². The second kappa shape index (κ2) is 7.10. The Morgan fingerprint density at radius 3 is 2.28 bits per heavy atom. The van der Waals surface area contributed by atoms with E-state index < -0.39 is 0 Å². The molecule has 18 heavy (non-hydrogen) atoms. The molecule has 1 fully saturated rings. The number of carbonyl (C=O) groups excluding carboxylic acids is 1. The molecule has 0 spiro atoms. The molecular formula is C14H28N2O2. The lowest BCUT2D eigenvalue weighted by Gasteiger charge is -2.39. The zero-order valence-electron chi connectivity index (χ0n) is 12.0. The van der Waals surface area contributed by atoms with Crippen molar-refractivity contribution in [1.29, 1.82) is 0 Å². The minimum absolute atomic E-state index is 0.128. The first kappa shape index (κ1) is 15.4. The first-order valence-electron chi connectivity index (χ1n) is 7.26. The molecule has 4 heteroatoms. The minimum atomic E-state index is -0.236. The number of amides is 1. The van der Waals surface area contributed by atoms with Crippen LogP contribution in [0.2, 0.25) is 0 Å². The second-order valence-corrected chi connectivity index (χ2v) is 5.38. The van der Waals surface area contributed by atoms with E-state index in [0.717, 1.165) is 38.8 Å². The van der Waals surface area contributed by atoms with Crippen molar-refractivity contribution >= 4 is 5.91 Å². The number of rotatable bonds is 6. The van der Waals surface area contributed by atoms with E-state index >= 15 is 0 Å². The highest BCUT2D eigenvalue weighted by Gasteiger charge is 2.34. The van der Waals surface area contributed by atoms with E-state index in [1.54, 1.807) is 0 Å². The van der Waals surface area contributed by atoms with E-state index in [-0.39, 0.29) is 24.1 Å². The molecule has 0 saturated heterocycles. The summed E-state index contributed by atoms with van der Waals surface area (Å²) < 4.78 is 0. The summed E-state index contributed by atoms with van der Waals surface area (Å²) in [6, 6.07) is -0.213. The maximum Gasteiger partial charge on any atom is 0.239 e. The van der Waals surface area contributed by atoms with Crippen molar-refractivity contribution in [3.8, 4) is 0 Å². The SMILES string of the molecule is CCN(CC)C(=O)C(C)NC1(CO)CCCCC1. The van der Waals surface area contributed by atoms with Gasteiger partial charge >= 0.3 is 0 Å². The Balaban J connectivity index is 2.60. The van der Waals surface area contributed by atoms with Gasteiger partial charge in [-0.25, -0.2) is 0 Å². The molecule has 1 unspecified atom stereocenters. The molecule has 106 valence electrons. The summed E-state index contributed by atoms with van der Waals surface area (Å²) in [6.45, 7) is 7.52. The van der Waals surface area contributed by atoms with Crippen LogP contribution in [0.5, 0.6) is 0 Å². The monoisotopic (exact) mass is 256 g/mol. The summed E-state index contributed by atoms with van der Waals surface area (Å²) >= 11 is 0. The Hall–Kier alpha value is -0.610. The number of aliphatic hydroxyl groups is 1. The van der Waals surface area contributed by atoms with Crippen molar-refractivity contribution < 1.29 is 9.90 Å². The Bertz CT molecular complexity index is 259. The van der Waals surface area contributed by atoms with Crippen LogP contribution in [0, 0.1) is 0 Å². The third kappa shape index (κ3) is 3.69. The Morgan fingerprint density at radius 1 is 1.28 bits per heavy atom. The molecular weight excluding hydrogens is 228 g/mol. The predicted octanol–water partition coefficient (Wildman–Crippen LogP) is 1.53. The summed E-state index contributed by atoms with van der Waals surface area (Å²) in [6.07, 6.45) is 5.46. The molecule has 4 nitrogen and oxygen atoms in total. The third-order valence-corrected chi connectivity index (χ3v) is 4.08.